The second-order valence-corrected chi connectivity index (χ2v) is 6.11. The van der Waals surface area contributed by atoms with Crippen LogP contribution in [0.1, 0.15) is 37.1 Å². The molecule has 2 aromatic carbocycles. The van der Waals surface area contributed by atoms with Gasteiger partial charge in [0.05, 0.1) is 0 Å². The summed E-state index contributed by atoms with van der Waals surface area (Å²) in [5.41, 5.74) is 2.13. The van der Waals surface area contributed by atoms with Gasteiger partial charge in [-0.1, -0.05) is 46.9 Å². The summed E-state index contributed by atoms with van der Waals surface area (Å²) in [7, 11) is 0. The molecule has 1 unspecified atom stereocenters. The van der Waals surface area contributed by atoms with Crippen LogP contribution in [0, 0.1) is 0 Å². The molecule has 0 radical (unpaired) electrons. The van der Waals surface area contributed by atoms with Crippen molar-refractivity contribution in [1.82, 2.24) is 5.32 Å². The minimum atomic E-state index is 0.0928. The number of hydrogen-bond donors (Lipinski definition) is 1. The Morgan fingerprint density at radius 1 is 0.850 bits per heavy atom. The molecule has 4 heteroatoms. The largest absolute Gasteiger partial charge is 0.304 e. The molecular formula is C16H16Cl3N. The maximum atomic E-state index is 6.23. The Kier molecular flexibility index (Phi) is 5.34. The van der Waals surface area contributed by atoms with E-state index in [0.717, 1.165) is 16.1 Å². The highest BCUT2D eigenvalue weighted by Gasteiger charge is 2.14. The monoisotopic (exact) mass is 327 g/mol. The summed E-state index contributed by atoms with van der Waals surface area (Å²) in [6.07, 6.45) is 0. The van der Waals surface area contributed by atoms with Crippen LogP contribution in [0.3, 0.4) is 0 Å². The Balaban J connectivity index is 2.15. The van der Waals surface area contributed by atoms with E-state index >= 15 is 0 Å². The van der Waals surface area contributed by atoms with E-state index in [1.807, 2.05) is 30.3 Å². The molecule has 0 saturated carbocycles. The average molecular weight is 329 g/mol. The highest BCUT2D eigenvalue weighted by Crippen LogP contribution is 2.28. The van der Waals surface area contributed by atoms with Crippen molar-refractivity contribution in [1.29, 1.82) is 0 Å². The molecule has 0 aliphatic heterocycles. The quantitative estimate of drug-likeness (QED) is 0.719. The molecule has 2 rings (SSSR count). The molecule has 0 fully saturated rings. The van der Waals surface area contributed by atoms with E-state index in [1.54, 1.807) is 6.07 Å². The lowest BCUT2D eigenvalue weighted by Gasteiger charge is -2.22. The maximum Gasteiger partial charge on any atom is 0.0454 e. The smallest absolute Gasteiger partial charge is 0.0454 e. The molecule has 0 saturated heterocycles. The van der Waals surface area contributed by atoms with Gasteiger partial charge < -0.3 is 5.32 Å². The van der Waals surface area contributed by atoms with Crippen molar-refractivity contribution in [3.05, 3.63) is 68.7 Å². The first-order valence-corrected chi connectivity index (χ1v) is 7.57. The predicted molar refractivity (Wildman–Crippen MR) is 87.9 cm³/mol. The number of rotatable bonds is 4. The van der Waals surface area contributed by atoms with Gasteiger partial charge in [0.25, 0.3) is 0 Å². The number of nitrogens with one attached hydrogen (secondary N) is 1. The molecule has 20 heavy (non-hydrogen) atoms. The van der Waals surface area contributed by atoms with Crippen LogP contribution in [0.15, 0.2) is 42.5 Å². The molecule has 0 aromatic heterocycles. The molecule has 1 nitrogen and oxygen atoms in total. The average Bonchev–Trinajstić information content (AvgIpc) is 2.41. The highest BCUT2D eigenvalue weighted by atomic mass is 35.5. The Morgan fingerprint density at radius 2 is 1.55 bits per heavy atom. The fourth-order valence-electron chi connectivity index (χ4n) is 2.18. The normalized spacial score (nSPS) is 14.1. The first-order valence-electron chi connectivity index (χ1n) is 6.44. The zero-order chi connectivity index (χ0) is 14.7. The third-order valence-corrected chi connectivity index (χ3v) is 4.09. The summed E-state index contributed by atoms with van der Waals surface area (Å²) in [4.78, 5) is 0. The Morgan fingerprint density at radius 3 is 2.25 bits per heavy atom. The van der Waals surface area contributed by atoms with Crippen LogP contribution in [0.4, 0.5) is 0 Å². The van der Waals surface area contributed by atoms with Crippen LogP contribution in [-0.4, -0.2) is 0 Å². The summed E-state index contributed by atoms with van der Waals surface area (Å²) in [6.45, 7) is 4.17. The van der Waals surface area contributed by atoms with Crippen LogP contribution >= 0.6 is 34.8 Å². The van der Waals surface area contributed by atoms with Gasteiger partial charge in [0.2, 0.25) is 0 Å². The number of benzene rings is 2. The summed E-state index contributed by atoms with van der Waals surface area (Å²) in [5, 5.41) is 5.65. The molecule has 0 spiro atoms. The lowest BCUT2D eigenvalue weighted by atomic mass is 10.0. The molecule has 1 N–H and O–H groups in total. The van der Waals surface area contributed by atoms with E-state index in [1.165, 1.54) is 0 Å². The van der Waals surface area contributed by atoms with Crippen LogP contribution < -0.4 is 5.32 Å². The summed E-state index contributed by atoms with van der Waals surface area (Å²) >= 11 is 18.3. The van der Waals surface area contributed by atoms with Gasteiger partial charge >= 0.3 is 0 Å². The minimum absolute atomic E-state index is 0.0928. The second kappa shape index (κ2) is 6.82. The van der Waals surface area contributed by atoms with Crippen LogP contribution in [0.25, 0.3) is 0 Å². The molecule has 2 atom stereocenters. The van der Waals surface area contributed by atoms with Crippen molar-refractivity contribution in [2.24, 2.45) is 0 Å². The summed E-state index contributed by atoms with van der Waals surface area (Å²) < 4.78 is 0. The van der Waals surface area contributed by atoms with Crippen molar-refractivity contribution < 1.29 is 0 Å². The Labute approximate surface area is 134 Å². The SMILES string of the molecule is CC(N[C@H](C)c1cccc(Cl)c1)c1cc(Cl)ccc1Cl. The first kappa shape index (κ1) is 15.7. The zero-order valence-corrected chi connectivity index (χ0v) is 13.6. The Bertz CT molecular complexity index is 598. The topological polar surface area (TPSA) is 12.0 Å². The summed E-state index contributed by atoms with van der Waals surface area (Å²) in [6, 6.07) is 13.6. The van der Waals surface area contributed by atoms with E-state index in [9.17, 15) is 0 Å². The third kappa shape index (κ3) is 3.89. The minimum Gasteiger partial charge on any atom is -0.304 e. The van der Waals surface area contributed by atoms with Crippen LogP contribution in [0.2, 0.25) is 15.1 Å². The second-order valence-electron chi connectivity index (χ2n) is 4.83. The van der Waals surface area contributed by atoms with Gasteiger partial charge in [0, 0.05) is 27.2 Å². The molecular weight excluding hydrogens is 313 g/mol. The third-order valence-electron chi connectivity index (χ3n) is 3.27. The molecule has 106 valence electrons. The molecule has 0 heterocycles. The summed E-state index contributed by atoms with van der Waals surface area (Å²) in [5.74, 6) is 0. The van der Waals surface area contributed by atoms with E-state index < -0.39 is 0 Å². The standard InChI is InChI=1S/C16H16Cl3N/c1-10(12-4-3-5-13(17)8-12)20-11(2)15-9-14(18)6-7-16(15)19/h3-11,20H,1-2H3/t10-,11?/m1/s1. The number of hydrogen-bond acceptors (Lipinski definition) is 1. The van der Waals surface area contributed by atoms with Crippen molar-refractivity contribution in [3.63, 3.8) is 0 Å². The lowest BCUT2D eigenvalue weighted by Crippen LogP contribution is -2.22. The maximum absolute atomic E-state index is 6.23. The van der Waals surface area contributed by atoms with Crippen LogP contribution in [0.5, 0.6) is 0 Å². The molecule has 0 aliphatic carbocycles. The van der Waals surface area contributed by atoms with E-state index in [-0.39, 0.29) is 12.1 Å². The lowest BCUT2D eigenvalue weighted by molar-refractivity contribution is 0.495. The van der Waals surface area contributed by atoms with Gasteiger partial charge in [-0.2, -0.15) is 0 Å². The fraction of sp³-hybridized carbons (Fsp3) is 0.250. The predicted octanol–water partition coefficient (Wildman–Crippen LogP) is 6.06. The number of halogens is 3. The van der Waals surface area contributed by atoms with Gasteiger partial charge in [0.1, 0.15) is 0 Å². The van der Waals surface area contributed by atoms with Gasteiger partial charge in [-0.15, -0.1) is 0 Å². The van der Waals surface area contributed by atoms with Crippen LogP contribution in [-0.2, 0) is 0 Å². The van der Waals surface area contributed by atoms with Gasteiger partial charge in [-0.05, 0) is 55.3 Å². The van der Waals surface area contributed by atoms with Crippen molar-refractivity contribution in [2.45, 2.75) is 25.9 Å². The Hall–Kier alpha value is -0.730. The molecule has 0 bridgehead atoms. The van der Waals surface area contributed by atoms with Crippen molar-refractivity contribution in [2.75, 3.05) is 0 Å². The highest BCUT2D eigenvalue weighted by molar-refractivity contribution is 6.33. The van der Waals surface area contributed by atoms with Gasteiger partial charge in [0.15, 0.2) is 0 Å². The first-order chi connectivity index (χ1) is 9.47. The van der Waals surface area contributed by atoms with Crippen molar-refractivity contribution >= 4 is 34.8 Å². The van der Waals surface area contributed by atoms with Gasteiger partial charge in [-0.25, -0.2) is 0 Å². The van der Waals surface area contributed by atoms with Crippen molar-refractivity contribution in [3.8, 4) is 0 Å². The van der Waals surface area contributed by atoms with E-state index in [2.05, 4.69) is 25.2 Å². The van der Waals surface area contributed by atoms with E-state index in [0.29, 0.717) is 10.0 Å². The van der Waals surface area contributed by atoms with Gasteiger partial charge in [-0.3, -0.25) is 0 Å². The molecule has 2 aromatic rings. The molecule has 0 aliphatic rings. The van der Waals surface area contributed by atoms with E-state index in [4.69, 9.17) is 34.8 Å². The molecule has 0 amide bonds. The fourth-order valence-corrected chi connectivity index (χ4v) is 2.84. The zero-order valence-electron chi connectivity index (χ0n) is 11.3.